The SMILES string of the molecule is CC1=C2[C@@H](O)C(=O)[C@@]3(C)C([C@H](C)[C@](O)(C[C@@H]1OC(=O)[C@H](OC(=O)CCCCN1CCCCC1)[C@@H](C)c1ccccc1)C2(C)C)[C@]1(C)CO[C@@H]1C[C@@H]3O. The minimum atomic E-state index is -1.64. The first-order valence-electron chi connectivity index (χ1n) is 19.6. The van der Waals surface area contributed by atoms with E-state index in [1.54, 1.807) is 13.8 Å². The third-order valence-electron chi connectivity index (χ3n) is 14.4. The lowest BCUT2D eigenvalue weighted by Crippen LogP contribution is -2.75. The second-order valence-corrected chi connectivity index (χ2v) is 17.6. The molecule has 3 aliphatic carbocycles. The molecule has 11 atom stereocenters. The van der Waals surface area contributed by atoms with Crippen LogP contribution in [0.5, 0.6) is 0 Å². The molecule has 3 N–H and O–H groups in total. The van der Waals surface area contributed by atoms with Crippen molar-refractivity contribution in [1.82, 2.24) is 4.90 Å². The van der Waals surface area contributed by atoms with Crippen molar-refractivity contribution in [2.45, 2.75) is 142 Å². The van der Waals surface area contributed by atoms with Crippen molar-refractivity contribution in [3.05, 3.63) is 47.0 Å². The smallest absolute Gasteiger partial charge is 0.348 e. The molecule has 52 heavy (non-hydrogen) atoms. The number of ether oxygens (including phenoxy) is 3. The van der Waals surface area contributed by atoms with Crippen LogP contribution in [0.15, 0.2) is 41.5 Å². The maximum Gasteiger partial charge on any atom is 0.348 e. The van der Waals surface area contributed by atoms with Gasteiger partial charge in [-0.15, -0.1) is 0 Å². The van der Waals surface area contributed by atoms with Crippen LogP contribution >= 0.6 is 0 Å². The fourth-order valence-electron chi connectivity index (χ4n) is 11.1. The van der Waals surface area contributed by atoms with Gasteiger partial charge in [0.2, 0.25) is 6.10 Å². The molecule has 1 unspecified atom stereocenters. The van der Waals surface area contributed by atoms with Crippen LogP contribution in [0, 0.1) is 28.1 Å². The van der Waals surface area contributed by atoms with Gasteiger partial charge in [0, 0.05) is 36.0 Å². The zero-order valence-corrected chi connectivity index (χ0v) is 32.2. The lowest BCUT2D eigenvalue weighted by Gasteiger charge is -2.68. The quantitative estimate of drug-likeness (QED) is 0.169. The van der Waals surface area contributed by atoms with Gasteiger partial charge in [0.15, 0.2) is 5.78 Å². The molecule has 0 spiro atoms. The van der Waals surface area contributed by atoms with Crippen molar-refractivity contribution < 1.29 is 43.9 Å². The number of aliphatic hydroxyl groups excluding tert-OH is 2. The minimum Gasteiger partial charge on any atom is -0.455 e. The predicted octanol–water partition coefficient (Wildman–Crippen LogP) is 5.12. The molecule has 4 fully saturated rings. The van der Waals surface area contributed by atoms with Crippen LogP contribution in [0.25, 0.3) is 0 Å². The van der Waals surface area contributed by atoms with Gasteiger partial charge in [0.1, 0.15) is 12.2 Å². The number of carbonyl (C=O) groups is 3. The summed E-state index contributed by atoms with van der Waals surface area (Å²) in [5, 5.41) is 36.5. The molecule has 1 aromatic carbocycles. The highest BCUT2D eigenvalue weighted by atomic mass is 16.6. The Labute approximate surface area is 309 Å². The van der Waals surface area contributed by atoms with E-state index < -0.39 is 81.7 Å². The highest BCUT2D eigenvalue weighted by Crippen LogP contribution is 2.66. The molecule has 2 saturated carbocycles. The van der Waals surface area contributed by atoms with Crippen LogP contribution < -0.4 is 0 Å². The number of fused-ring (bicyclic) bond motifs is 5. The molecule has 2 saturated heterocycles. The summed E-state index contributed by atoms with van der Waals surface area (Å²) >= 11 is 0. The van der Waals surface area contributed by atoms with Gasteiger partial charge in [-0.3, -0.25) is 9.59 Å². The van der Waals surface area contributed by atoms with Crippen molar-refractivity contribution >= 4 is 17.7 Å². The number of aliphatic hydroxyl groups is 3. The topological polar surface area (TPSA) is 143 Å². The molecule has 0 amide bonds. The number of hydrogen-bond acceptors (Lipinski definition) is 10. The van der Waals surface area contributed by atoms with E-state index in [4.69, 9.17) is 14.2 Å². The molecule has 288 valence electrons. The normalized spacial score (nSPS) is 38.5. The first kappa shape index (κ1) is 39.1. The van der Waals surface area contributed by atoms with Gasteiger partial charge in [0.05, 0.1) is 29.8 Å². The van der Waals surface area contributed by atoms with E-state index in [-0.39, 0.29) is 25.4 Å². The van der Waals surface area contributed by atoms with Gasteiger partial charge >= 0.3 is 11.9 Å². The van der Waals surface area contributed by atoms with Gasteiger partial charge in [0.25, 0.3) is 0 Å². The lowest BCUT2D eigenvalue weighted by molar-refractivity contribution is -0.302. The van der Waals surface area contributed by atoms with E-state index >= 15 is 0 Å². The van der Waals surface area contributed by atoms with E-state index in [0.717, 1.165) is 31.6 Å². The number of ketones is 1. The minimum absolute atomic E-state index is 0.00428. The number of nitrogens with zero attached hydrogens (tertiary/aromatic N) is 1. The zero-order valence-electron chi connectivity index (χ0n) is 32.2. The van der Waals surface area contributed by atoms with Crippen molar-refractivity contribution in [1.29, 1.82) is 0 Å². The van der Waals surface area contributed by atoms with E-state index in [1.807, 2.05) is 65.0 Å². The molecule has 2 bridgehead atoms. The Balaban J connectivity index is 1.28. The summed E-state index contributed by atoms with van der Waals surface area (Å²) in [5.74, 6) is -3.34. The molecule has 6 rings (SSSR count). The molecule has 0 radical (unpaired) electrons. The molecular formula is C42H61NO9. The summed E-state index contributed by atoms with van der Waals surface area (Å²) in [7, 11) is 0. The fraction of sp³-hybridized carbons (Fsp3) is 0.738. The van der Waals surface area contributed by atoms with Crippen LogP contribution in [0.3, 0.4) is 0 Å². The Morgan fingerprint density at radius 2 is 1.71 bits per heavy atom. The average Bonchev–Trinajstić information content (AvgIpc) is 3.12. The third kappa shape index (κ3) is 6.38. The molecule has 2 aliphatic heterocycles. The molecule has 10 heteroatoms. The number of esters is 2. The van der Waals surface area contributed by atoms with Gasteiger partial charge in [-0.2, -0.15) is 0 Å². The summed E-state index contributed by atoms with van der Waals surface area (Å²) in [6, 6.07) is 9.37. The van der Waals surface area contributed by atoms with Crippen LogP contribution in [0.1, 0.15) is 111 Å². The maximum atomic E-state index is 14.5. The highest BCUT2D eigenvalue weighted by Gasteiger charge is 2.73. The number of benzene rings is 1. The Kier molecular flexibility index (Phi) is 10.9. The number of unbranched alkanes of at least 4 members (excludes halogenated alkanes) is 1. The summed E-state index contributed by atoms with van der Waals surface area (Å²) in [5.41, 5.74) is -2.93. The molecule has 10 nitrogen and oxygen atoms in total. The monoisotopic (exact) mass is 723 g/mol. The first-order valence-corrected chi connectivity index (χ1v) is 19.6. The Hall–Kier alpha value is -2.63. The van der Waals surface area contributed by atoms with Gasteiger partial charge in [-0.05, 0) is 87.7 Å². The van der Waals surface area contributed by atoms with E-state index in [0.29, 0.717) is 24.2 Å². The van der Waals surface area contributed by atoms with Crippen molar-refractivity contribution in [3.8, 4) is 0 Å². The second kappa shape index (κ2) is 14.5. The van der Waals surface area contributed by atoms with Gasteiger partial charge in [-0.1, -0.05) is 71.4 Å². The van der Waals surface area contributed by atoms with Gasteiger partial charge in [-0.25, -0.2) is 4.79 Å². The van der Waals surface area contributed by atoms with E-state index in [9.17, 15) is 29.7 Å². The second-order valence-electron chi connectivity index (χ2n) is 17.6. The Morgan fingerprint density at radius 3 is 2.35 bits per heavy atom. The predicted molar refractivity (Wildman–Crippen MR) is 195 cm³/mol. The van der Waals surface area contributed by atoms with Crippen molar-refractivity contribution in [2.24, 2.45) is 28.1 Å². The number of likely N-dealkylation sites (tertiary alicyclic amines) is 1. The lowest BCUT2D eigenvalue weighted by atomic mass is 9.40. The number of rotatable bonds is 10. The Bertz CT molecular complexity index is 1540. The first-order chi connectivity index (χ1) is 24.5. The van der Waals surface area contributed by atoms with Crippen molar-refractivity contribution in [3.63, 3.8) is 0 Å². The number of hydrogen-bond donors (Lipinski definition) is 3. The van der Waals surface area contributed by atoms with E-state index in [2.05, 4.69) is 4.90 Å². The van der Waals surface area contributed by atoms with Crippen LogP contribution in [-0.2, 0) is 28.6 Å². The molecule has 0 aromatic heterocycles. The standard InChI is InChI=1S/C42H61NO9/c1-25(28-16-10-8-11-17-28)35(52-32(45)18-12-15-21-43-19-13-9-14-20-43)38(48)51-29-23-42(49)27(3)36-40(6)24-50-31(40)22-30(44)41(36,7)37(47)34(46)33(26(29)2)39(42,4)5/h8,10-11,16-17,25,27,29-31,34-36,44,46,49H,9,12-15,18-24H2,1-7H3/t25-,27-,29-,30-,31+,34+,35+,36?,40+,41+,42+/m0/s1. The highest BCUT2D eigenvalue weighted by molar-refractivity contribution is 5.93. The summed E-state index contributed by atoms with van der Waals surface area (Å²) < 4.78 is 18.1. The Morgan fingerprint density at radius 1 is 1.04 bits per heavy atom. The van der Waals surface area contributed by atoms with Crippen LogP contribution in [0.4, 0.5) is 0 Å². The average molecular weight is 724 g/mol. The molecule has 2 heterocycles. The number of piperidine rings is 1. The summed E-state index contributed by atoms with van der Waals surface area (Å²) in [4.78, 5) is 44.6. The van der Waals surface area contributed by atoms with Crippen LogP contribution in [0.2, 0.25) is 0 Å². The van der Waals surface area contributed by atoms with Crippen molar-refractivity contribution in [2.75, 3.05) is 26.2 Å². The third-order valence-corrected chi connectivity index (χ3v) is 14.4. The number of carbonyl (C=O) groups excluding carboxylic acids is 3. The van der Waals surface area contributed by atoms with E-state index in [1.165, 1.54) is 19.3 Å². The van der Waals surface area contributed by atoms with Crippen LogP contribution in [-0.4, -0.2) is 100 Å². The molecule has 5 aliphatic rings. The molecule has 1 aromatic rings. The fourth-order valence-corrected chi connectivity index (χ4v) is 11.1. The summed E-state index contributed by atoms with van der Waals surface area (Å²) in [6.45, 7) is 16.4. The summed E-state index contributed by atoms with van der Waals surface area (Å²) in [6.07, 6.45) is 0.412. The van der Waals surface area contributed by atoms with Gasteiger partial charge < -0.3 is 34.4 Å². The maximum absolute atomic E-state index is 14.5. The molecular weight excluding hydrogens is 662 g/mol. The zero-order chi connectivity index (χ0) is 37.8. The largest absolute Gasteiger partial charge is 0.455 e. The number of Topliss-reactive ketones (excluding diaryl/α,β-unsaturated/α-hetero) is 1.